The first kappa shape index (κ1) is 18.0. The molecule has 2 aromatic rings. The second kappa shape index (κ2) is 7.19. The maximum absolute atomic E-state index is 12.9. The third kappa shape index (κ3) is 4.41. The van der Waals surface area contributed by atoms with Crippen molar-refractivity contribution >= 4 is 17.6 Å². The van der Waals surface area contributed by atoms with E-state index in [1.165, 1.54) is 30.3 Å². The van der Waals surface area contributed by atoms with Crippen LogP contribution < -0.4 is 5.32 Å². The summed E-state index contributed by atoms with van der Waals surface area (Å²) in [7, 11) is 0. The van der Waals surface area contributed by atoms with Crippen molar-refractivity contribution in [1.29, 1.82) is 0 Å². The zero-order valence-corrected chi connectivity index (χ0v) is 13.7. The third-order valence-corrected chi connectivity index (χ3v) is 4.02. The van der Waals surface area contributed by atoms with Gasteiger partial charge in [-0.25, -0.2) is 4.79 Å². The summed E-state index contributed by atoms with van der Waals surface area (Å²) in [6.45, 7) is -0.477. The number of benzene rings is 2. The lowest BCUT2D eigenvalue weighted by molar-refractivity contribution is -0.138. The minimum atomic E-state index is -4.51. The Morgan fingerprint density at radius 1 is 1.04 bits per heavy atom. The summed E-state index contributed by atoms with van der Waals surface area (Å²) in [5.74, 6) is -0.723. The predicted octanol–water partition coefficient (Wildman–Crippen LogP) is 4.41. The quantitative estimate of drug-likeness (QED) is 0.801. The fourth-order valence-corrected chi connectivity index (χ4v) is 2.43. The first-order chi connectivity index (χ1) is 12.3. The number of amides is 1. The van der Waals surface area contributed by atoms with Crippen molar-refractivity contribution in [2.45, 2.75) is 25.6 Å². The summed E-state index contributed by atoms with van der Waals surface area (Å²) in [6.07, 6.45) is -2.74. The van der Waals surface area contributed by atoms with Crippen molar-refractivity contribution in [2.24, 2.45) is 5.92 Å². The molecule has 0 aromatic heterocycles. The molecule has 4 nitrogen and oxygen atoms in total. The maximum Gasteiger partial charge on any atom is 0.416 e. The van der Waals surface area contributed by atoms with Gasteiger partial charge in [0.05, 0.1) is 11.1 Å². The number of ether oxygens (including phenoxy) is 1. The standard InChI is InChI=1S/C19H16F3NO3/c20-19(21,22)16-4-2-1-3-14(16)11-26-18(25)13-7-9-15(10-8-13)23-17(24)12-5-6-12/h1-4,7-10,12H,5-6,11H2,(H,23,24). The van der Waals surface area contributed by atoms with E-state index in [0.29, 0.717) is 5.69 Å². The van der Waals surface area contributed by atoms with Crippen molar-refractivity contribution in [3.8, 4) is 0 Å². The molecule has 1 N–H and O–H groups in total. The molecular formula is C19H16F3NO3. The molecule has 0 spiro atoms. The normalized spacial score (nSPS) is 14.0. The summed E-state index contributed by atoms with van der Waals surface area (Å²) in [5, 5.41) is 2.74. The number of carbonyl (C=O) groups excluding carboxylic acids is 2. The van der Waals surface area contributed by atoms with Gasteiger partial charge in [-0.1, -0.05) is 18.2 Å². The van der Waals surface area contributed by atoms with E-state index in [1.54, 1.807) is 12.1 Å². The molecule has 3 rings (SSSR count). The largest absolute Gasteiger partial charge is 0.457 e. The molecule has 1 fully saturated rings. The molecule has 0 radical (unpaired) electrons. The van der Waals surface area contributed by atoms with Crippen LogP contribution >= 0.6 is 0 Å². The Kier molecular flexibility index (Phi) is 4.97. The molecule has 26 heavy (non-hydrogen) atoms. The molecule has 0 atom stereocenters. The molecule has 0 unspecified atom stereocenters. The Balaban J connectivity index is 1.61. The highest BCUT2D eigenvalue weighted by Gasteiger charge is 2.33. The number of alkyl halides is 3. The molecule has 0 bridgehead atoms. The second-order valence-corrected chi connectivity index (χ2v) is 6.07. The van der Waals surface area contributed by atoms with Crippen LogP contribution in [-0.4, -0.2) is 11.9 Å². The van der Waals surface area contributed by atoms with Crippen molar-refractivity contribution < 1.29 is 27.5 Å². The topological polar surface area (TPSA) is 55.4 Å². The summed E-state index contributed by atoms with van der Waals surface area (Å²) < 4.78 is 43.8. The van der Waals surface area contributed by atoms with E-state index in [-0.39, 0.29) is 23.0 Å². The number of rotatable bonds is 5. The maximum atomic E-state index is 12.9. The Labute approximate surface area is 148 Å². The number of esters is 1. The van der Waals surface area contributed by atoms with Gasteiger partial charge in [-0.2, -0.15) is 13.2 Å². The molecule has 0 aliphatic heterocycles. The highest BCUT2D eigenvalue weighted by molar-refractivity contribution is 5.95. The fourth-order valence-electron chi connectivity index (χ4n) is 2.43. The molecular weight excluding hydrogens is 347 g/mol. The van der Waals surface area contributed by atoms with E-state index >= 15 is 0 Å². The van der Waals surface area contributed by atoms with E-state index in [1.807, 2.05) is 0 Å². The zero-order chi connectivity index (χ0) is 18.7. The zero-order valence-electron chi connectivity index (χ0n) is 13.7. The number of anilines is 1. The van der Waals surface area contributed by atoms with Crippen LogP contribution in [0.25, 0.3) is 0 Å². The van der Waals surface area contributed by atoms with Gasteiger partial charge in [-0.15, -0.1) is 0 Å². The molecule has 1 saturated carbocycles. The molecule has 1 amide bonds. The number of carbonyl (C=O) groups is 2. The molecule has 1 aliphatic carbocycles. The lowest BCUT2D eigenvalue weighted by atomic mass is 10.1. The van der Waals surface area contributed by atoms with Crippen molar-refractivity contribution in [1.82, 2.24) is 0 Å². The van der Waals surface area contributed by atoms with Gasteiger partial charge in [-0.3, -0.25) is 4.79 Å². The Morgan fingerprint density at radius 2 is 1.69 bits per heavy atom. The Morgan fingerprint density at radius 3 is 2.31 bits per heavy atom. The SMILES string of the molecule is O=C(OCc1ccccc1C(F)(F)F)c1ccc(NC(=O)C2CC2)cc1. The van der Waals surface area contributed by atoms with Gasteiger partial charge < -0.3 is 10.1 Å². The van der Waals surface area contributed by atoms with Gasteiger partial charge >= 0.3 is 12.1 Å². The van der Waals surface area contributed by atoms with Crippen LogP contribution in [-0.2, 0) is 22.3 Å². The summed E-state index contributed by atoms with van der Waals surface area (Å²) in [5.41, 5.74) is -0.188. The molecule has 7 heteroatoms. The van der Waals surface area contributed by atoms with E-state index in [4.69, 9.17) is 4.74 Å². The van der Waals surface area contributed by atoms with Gasteiger partial charge in [0, 0.05) is 17.2 Å². The molecule has 2 aromatic carbocycles. The summed E-state index contributed by atoms with van der Waals surface area (Å²) in [6, 6.07) is 11.0. The number of hydrogen-bond donors (Lipinski definition) is 1. The van der Waals surface area contributed by atoms with Crippen LogP contribution in [0.4, 0.5) is 18.9 Å². The van der Waals surface area contributed by atoms with Crippen LogP contribution in [0.15, 0.2) is 48.5 Å². The second-order valence-electron chi connectivity index (χ2n) is 6.07. The molecule has 0 saturated heterocycles. The minimum Gasteiger partial charge on any atom is -0.457 e. The highest BCUT2D eigenvalue weighted by Crippen LogP contribution is 2.32. The van der Waals surface area contributed by atoms with E-state index in [0.717, 1.165) is 18.9 Å². The predicted molar refractivity (Wildman–Crippen MR) is 88.4 cm³/mol. The lowest BCUT2D eigenvalue weighted by Crippen LogP contribution is -2.14. The smallest absolute Gasteiger partial charge is 0.416 e. The summed E-state index contributed by atoms with van der Waals surface area (Å²) >= 11 is 0. The van der Waals surface area contributed by atoms with Crippen LogP contribution in [0.3, 0.4) is 0 Å². The van der Waals surface area contributed by atoms with E-state index in [9.17, 15) is 22.8 Å². The first-order valence-corrected chi connectivity index (χ1v) is 8.08. The van der Waals surface area contributed by atoms with Gasteiger partial charge in [-0.05, 0) is 43.2 Å². The third-order valence-electron chi connectivity index (χ3n) is 4.02. The minimum absolute atomic E-state index is 0.0518. The van der Waals surface area contributed by atoms with E-state index in [2.05, 4.69) is 5.32 Å². The van der Waals surface area contributed by atoms with Crippen molar-refractivity contribution in [2.75, 3.05) is 5.32 Å². The lowest BCUT2D eigenvalue weighted by Gasteiger charge is -2.13. The Hall–Kier alpha value is -2.83. The Bertz CT molecular complexity index is 812. The van der Waals surface area contributed by atoms with Crippen molar-refractivity contribution in [3.05, 3.63) is 65.2 Å². The fraction of sp³-hybridized carbons (Fsp3) is 0.263. The molecule has 136 valence electrons. The average molecular weight is 363 g/mol. The van der Waals surface area contributed by atoms with Crippen LogP contribution in [0.5, 0.6) is 0 Å². The molecule has 0 heterocycles. The first-order valence-electron chi connectivity index (χ1n) is 8.08. The highest BCUT2D eigenvalue weighted by atomic mass is 19.4. The van der Waals surface area contributed by atoms with Gasteiger partial charge in [0.2, 0.25) is 5.91 Å². The van der Waals surface area contributed by atoms with Gasteiger partial charge in [0.25, 0.3) is 0 Å². The van der Waals surface area contributed by atoms with Crippen LogP contribution in [0, 0.1) is 5.92 Å². The molecule has 1 aliphatic rings. The average Bonchev–Trinajstić information content (AvgIpc) is 3.45. The van der Waals surface area contributed by atoms with Gasteiger partial charge in [0.15, 0.2) is 0 Å². The van der Waals surface area contributed by atoms with E-state index < -0.39 is 24.3 Å². The number of nitrogens with one attached hydrogen (secondary N) is 1. The van der Waals surface area contributed by atoms with Gasteiger partial charge in [0.1, 0.15) is 6.61 Å². The summed E-state index contributed by atoms with van der Waals surface area (Å²) in [4.78, 5) is 23.7. The van der Waals surface area contributed by atoms with Crippen LogP contribution in [0.1, 0.15) is 34.3 Å². The monoisotopic (exact) mass is 363 g/mol. The van der Waals surface area contributed by atoms with Crippen LogP contribution in [0.2, 0.25) is 0 Å². The van der Waals surface area contributed by atoms with Crippen molar-refractivity contribution in [3.63, 3.8) is 0 Å². The number of hydrogen-bond acceptors (Lipinski definition) is 3. The number of halogens is 3.